The molecule has 0 aromatic heterocycles. The Labute approximate surface area is 57.9 Å². The minimum absolute atomic E-state index is 2.94. The van der Waals surface area contributed by atoms with E-state index in [0.717, 1.165) is 0 Å². The summed E-state index contributed by atoms with van der Waals surface area (Å²) in [5.74, 6) is 0. The maximum Gasteiger partial charge on any atom is 0.293 e. The Balaban J connectivity index is 3.66. The summed E-state index contributed by atoms with van der Waals surface area (Å²) in [5, 5.41) is 0. The Hall–Kier alpha value is -0.460. The van der Waals surface area contributed by atoms with Crippen molar-refractivity contribution >= 4 is 0 Å². The van der Waals surface area contributed by atoms with Crippen molar-refractivity contribution in [3.8, 4) is 0 Å². The van der Waals surface area contributed by atoms with Crippen molar-refractivity contribution in [3.05, 3.63) is 0 Å². The number of ether oxygens (including phenoxy) is 1. The lowest BCUT2D eigenvalue weighted by Crippen LogP contribution is -2.26. The van der Waals surface area contributed by atoms with E-state index in [2.05, 4.69) is 4.74 Å². The summed E-state index contributed by atoms with van der Waals surface area (Å²) in [4.78, 5) is 0. The molecule has 0 spiro atoms. The SMILES string of the molecule is FC(F)C(F)OC(F)C(F)F. The van der Waals surface area contributed by atoms with Gasteiger partial charge in [0.15, 0.2) is 0 Å². The Kier molecular flexibility index (Phi) is 4.24. The molecule has 0 amide bonds. The third-order valence-electron chi connectivity index (χ3n) is 0.656. The molecule has 2 atom stereocenters. The van der Waals surface area contributed by atoms with Crippen LogP contribution in [0.25, 0.3) is 0 Å². The van der Waals surface area contributed by atoms with Gasteiger partial charge in [0, 0.05) is 0 Å². The second-order valence-corrected chi connectivity index (χ2v) is 1.51. The van der Waals surface area contributed by atoms with E-state index >= 15 is 0 Å². The predicted octanol–water partition coefficient (Wildman–Crippen LogP) is 2.12. The van der Waals surface area contributed by atoms with Crippen LogP contribution in [0.2, 0.25) is 0 Å². The molecule has 0 aliphatic rings. The molecule has 0 aromatic carbocycles. The summed E-state index contributed by atoms with van der Waals surface area (Å²) in [6, 6.07) is 0. The molecule has 0 bridgehead atoms. The number of hydrogen-bond acceptors (Lipinski definition) is 1. The van der Waals surface area contributed by atoms with Gasteiger partial charge < -0.3 is 4.74 Å². The second kappa shape index (κ2) is 4.42. The third-order valence-corrected chi connectivity index (χ3v) is 0.656. The van der Waals surface area contributed by atoms with Crippen LogP contribution in [0.1, 0.15) is 0 Å². The monoisotopic (exact) mass is 182 g/mol. The van der Waals surface area contributed by atoms with E-state index in [-0.39, 0.29) is 0 Å². The van der Waals surface area contributed by atoms with Crippen LogP contribution in [-0.4, -0.2) is 25.6 Å². The Bertz CT molecular complexity index is 94.8. The molecule has 0 saturated heterocycles. The molecule has 68 valence electrons. The van der Waals surface area contributed by atoms with Crippen molar-refractivity contribution in [3.63, 3.8) is 0 Å². The van der Waals surface area contributed by atoms with Gasteiger partial charge in [-0.3, -0.25) is 0 Å². The van der Waals surface area contributed by atoms with Gasteiger partial charge in [0.2, 0.25) is 0 Å². The molecular formula is C4H4F6O. The molecule has 0 aromatic rings. The predicted molar refractivity (Wildman–Crippen MR) is 22.9 cm³/mol. The maximum atomic E-state index is 11.6. The number of rotatable bonds is 4. The van der Waals surface area contributed by atoms with E-state index in [4.69, 9.17) is 0 Å². The van der Waals surface area contributed by atoms with Crippen molar-refractivity contribution in [1.82, 2.24) is 0 Å². The summed E-state index contributed by atoms with van der Waals surface area (Å²) < 4.78 is 70.7. The maximum absolute atomic E-state index is 11.6. The van der Waals surface area contributed by atoms with Crippen molar-refractivity contribution in [2.24, 2.45) is 0 Å². The van der Waals surface area contributed by atoms with Crippen LogP contribution in [0.4, 0.5) is 26.3 Å². The van der Waals surface area contributed by atoms with E-state index in [0.29, 0.717) is 0 Å². The topological polar surface area (TPSA) is 9.23 Å². The lowest BCUT2D eigenvalue weighted by atomic mass is 10.6. The normalized spacial score (nSPS) is 17.5. The standard InChI is InChI=1S/C4H4F6O/c5-1(6)3(9)11-4(10)2(7)8/h1-4H. The molecule has 0 heterocycles. The van der Waals surface area contributed by atoms with Crippen LogP contribution in [0, 0.1) is 0 Å². The number of halogens is 6. The second-order valence-electron chi connectivity index (χ2n) is 1.51. The van der Waals surface area contributed by atoms with Gasteiger partial charge in [-0.25, -0.2) is 26.3 Å². The van der Waals surface area contributed by atoms with Gasteiger partial charge in [0.1, 0.15) is 0 Å². The Morgan fingerprint density at radius 2 is 0.909 bits per heavy atom. The summed E-state index contributed by atoms with van der Waals surface area (Å²) in [6.45, 7) is 0. The minimum atomic E-state index is -3.62. The first kappa shape index (κ1) is 10.5. The Morgan fingerprint density at radius 1 is 0.636 bits per heavy atom. The summed E-state index contributed by atoms with van der Waals surface area (Å²) >= 11 is 0. The van der Waals surface area contributed by atoms with Crippen LogP contribution >= 0.6 is 0 Å². The van der Waals surface area contributed by atoms with Gasteiger partial charge in [-0.1, -0.05) is 0 Å². The van der Waals surface area contributed by atoms with Gasteiger partial charge in [-0.15, -0.1) is 0 Å². The van der Waals surface area contributed by atoms with E-state index in [1.165, 1.54) is 0 Å². The summed E-state index contributed by atoms with van der Waals surface area (Å²) in [6.07, 6.45) is -13.8. The van der Waals surface area contributed by atoms with Crippen LogP contribution in [0.5, 0.6) is 0 Å². The number of hydrogen-bond donors (Lipinski definition) is 0. The zero-order valence-electron chi connectivity index (χ0n) is 4.99. The fraction of sp³-hybridized carbons (Fsp3) is 1.00. The molecule has 0 rings (SSSR count). The zero-order chi connectivity index (χ0) is 9.02. The van der Waals surface area contributed by atoms with E-state index in [9.17, 15) is 26.3 Å². The molecule has 11 heavy (non-hydrogen) atoms. The van der Waals surface area contributed by atoms with Gasteiger partial charge in [0.25, 0.3) is 25.6 Å². The highest BCUT2D eigenvalue weighted by molar-refractivity contribution is 4.49. The molecule has 0 N–H and O–H groups in total. The highest BCUT2D eigenvalue weighted by Crippen LogP contribution is 2.14. The number of alkyl halides is 6. The first-order chi connectivity index (χ1) is 4.95. The molecule has 2 unspecified atom stereocenters. The van der Waals surface area contributed by atoms with Gasteiger partial charge in [0.05, 0.1) is 0 Å². The Morgan fingerprint density at radius 3 is 1.09 bits per heavy atom. The highest BCUT2D eigenvalue weighted by Gasteiger charge is 2.29. The molecule has 0 fully saturated rings. The van der Waals surface area contributed by atoms with Crippen LogP contribution < -0.4 is 0 Å². The van der Waals surface area contributed by atoms with Crippen molar-refractivity contribution in [2.75, 3.05) is 0 Å². The third kappa shape index (κ3) is 4.07. The molecule has 0 aliphatic carbocycles. The molecule has 0 saturated carbocycles. The quantitative estimate of drug-likeness (QED) is 0.605. The fourth-order valence-electron chi connectivity index (χ4n) is 0.243. The smallest absolute Gasteiger partial charge is 0.293 e. The molecular weight excluding hydrogens is 178 g/mol. The van der Waals surface area contributed by atoms with Crippen LogP contribution in [-0.2, 0) is 4.74 Å². The van der Waals surface area contributed by atoms with Crippen molar-refractivity contribution in [1.29, 1.82) is 0 Å². The fourth-order valence-corrected chi connectivity index (χ4v) is 0.243. The van der Waals surface area contributed by atoms with Gasteiger partial charge >= 0.3 is 0 Å². The zero-order valence-corrected chi connectivity index (χ0v) is 4.99. The van der Waals surface area contributed by atoms with Crippen LogP contribution in [0.15, 0.2) is 0 Å². The molecule has 0 aliphatic heterocycles. The average Bonchev–Trinajstić information content (AvgIpc) is 1.87. The summed E-state index contributed by atoms with van der Waals surface area (Å²) in [7, 11) is 0. The lowest BCUT2D eigenvalue weighted by molar-refractivity contribution is -0.226. The molecule has 7 heteroatoms. The van der Waals surface area contributed by atoms with Crippen LogP contribution in [0.3, 0.4) is 0 Å². The van der Waals surface area contributed by atoms with E-state index < -0.39 is 25.6 Å². The largest absolute Gasteiger partial charge is 0.304 e. The van der Waals surface area contributed by atoms with Gasteiger partial charge in [-0.2, -0.15) is 0 Å². The van der Waals surface area contributed by atoms with Gasteiger partial charge in [-0.05, 0) is 0 Å². The lowest BCUT2D eigenvalue weighted by Gasteiger charge is -2.11. The summed E-state index contributed by atoms with van der Waals surface area (Å²) in [5.41, 5.74) is 0. The average molecular weight is 182 g/mol. The first-order valence-corrected chi connectivity index (χ1v) is 2.45. The van der Waals surface area contributed by atoms with Crippen molar-refractivity contribution < 1.29 is 31.1 Å². The minimum Gasteiger partial charge on any atom is -0.304 e. The molecule has 0 radical (unpaired) electrons. The first-order valence-electron chi connectivity index (χ1n) is 2.45. The van der Waals surface area contributed by atoms with Crippen molar-refractivity contribution in [2.45, 2.75) is 25.6 Å². The highest BCUT2D eigenvalue weighted by atomic mass is 19.3. The molecule has 1 nitrogen and oxygen atoms in total. The van der Waals surface area contributed by atoms with E-state index in [1.807, 2.05) is 0 Å². The van der Waals surface area contributed by atoms with E-state index in [1.54, 1.807) is 0 Å².